The molecule has 0 radical (unpaired) electrons. The highest BCUT2D eigenvalue weighted by molar-refractivity contribution is 14.3. The first-order chi connectivity index (χ1) is 3.85. The van der Waals surface area contributed by atoms with Crippen LogP contribution in [0.25, 0.3) is 0 Å². The van der Waals surface area contributed by atoms with Gasteiger partial charge in [-0.15, -0.1) is 0 Å². The molecule has 0 saturated carbocycles. The Kier molecular flexibility index (Phi) is 7.03. The molecule has 0 aromatic carbocycles. The molecule has 0 bridgehead atoms. The van der Waals surface area contributed by atoms with E-state index < -0.39 is 0 Å². The van der Waals surface area contributed by atoms with Crippen molar-refractivity contribution in [2.24, 2.45) is 0 Å². The minimum atomic E-state index is -0.264. The van der Waals surface area contributed by atoms with Gasteiger partial charge in [0.05, 0.1) is 0 Å². The second-order valence-corrected chi connectivity index (χ2v) is 17.1. The molecule has 0 aliphatic rings. The van der Waals surface area contributed by atoms with Gasteiger partial charge in [0.15, 0.2) is 5.22 Å². The van der Waals surface area contributed by atoms with E-state index in [9.17, 15) is 4.79 Å². The van der Waals surface area contributed by atoms with E-state index in [1.54, 1.807) is 0 Å². The number of hydrogen-bond acceptors (Lipinski definition) is 1. The first-order valence-electron chi connectivity index (χ1n) is 1.75. The summed E-state index contributed by atoms with van der Waals surface area (Å²) in [7, 11) is 0. The maximum Gasteiger partial charge on any atom is 0.191 e. The quantitative estimate of drug-likeness (QED) is 0.320. The third kappa shape index (κ3) is 5.54. The van der Waals surface area contributed by atoms with E-state index in [4.69, 9.17) is 0 Å². The number of carbonyl (C=O) groups excluding carboxylic acids is 1. The maximum atomic E-state index is 11.1. The number of hydrogen-bond donors (Lipinski definition) is 0. The average molecular weight is 688 g/mol. The van der Waals surface area contributed by atoms with E-state index >= 15 is 0 Å². The average Bonchev–Trinajstić information content (AvgIpc) is 1.62. The van der Waals surface area contributed by atoms with Crippen LogP contribution in [0.5, 0.6) is 0 Å². The van der Waals surface area contributed by atoms with Gasteiger partial charge in [-0.1, -0.05) is 45.2 Å². The van der Waals surface area contributed by atoms with Crippen LogP contribution in [0.1, 0.15) is 0 Å². The van der Waals surface area contributed by atoms with Gasteiger partial charge in [-0.25, -0.2) is 0 Å². The largest absolute Gasteiger partial charge is 0.294 e. The van der Waals surface area contributed by atoms with Gasteiger partial charge in [0.25, 0.3) is 0 Å². The van der Waals surface area contributed by atoms with Gasteiger partial charge >= 0.3 is 0 Å². The Bertz CT molecular complexity index is 114. The summed E-state index contributed by atoms with van der Waals surface area (Å²) in [5, 5.41) is 0. The molecular formula is C3HI5O. The smallest absolute Gasteiger partial charge is 0.191 e. The molecule has 0 atom stereocenters. The van der Waals surface area contributed by atoms with Crippen molar-refractivity contribution in [2.75, 3.05) is 0 Å². The third-order valence-corrected chi connectivity index (χ3v) is 3.20. The number of halogens is 5. The predicted molar refractivity (Wildman–Crippen MR) is 81.6 cm³/mol. The highest BCUT2D eigenvalue weighted by Crippen LogP contribution is 2.39. The third-order valence-electron chi connectivity index (χ3n) is 0.478. The molecular weight excluding hydrogens is 687 g/mol. The topological polar surface area (TPSA) is 17.1 Å². The molecule has 0 heterocycles. The number of ketones is 1. The van der Waals surface area contributed by atoms with Crippen LogP contribution in [-0.2, 0) is 4.79 Å². The summed E-state index contributed by atoms with van der Waals surface area (Å²) in [6.45, 7) is 0. The zero-order valence-electron chi connectivity index (χ0n) is 3.88. The van der Waals surface area contributed by atoms with Crippen LogP contribution in [-0.4, -0.2) is 7.15 Å². The molecule has 0 saturated heterocycles. The molecule has 0 aromatic rings. The molecule has 9 heavy (non-hydrogen) atoms. The van der Waals surface area contributed by atoms with Crippen LogP contribution in [0.4, 0.5) is 0 Å². The summed E-state index contributed by atoms with van der Waals surface area (Å²) in [6, 6.07) is 0. The number of rotatable bonds is 2. The monoisotopic (exact) mass is 688 g/mol. The molecule has 0 N–H and O–H groups in total. The first kappa shape index (κ1) is 12.3. The Balaban J connectivity index is 4.06. The van der Waals surface area contributed by atoms with E-state index in [-0.39, 0.29) is 7.15 Å². The molecule has 0 aliphatic carbocycles. The molecule has 0 unspecified atom stereocenters. The highest BCUT2D eigenvalue weighted by Gasteiger charge is 2.31. The van der Waals surface area contributed by atoms with Crippen molar-refractivity contribution in [3.8, 4) is 0 Å². The zero-order valence-corrected chi connectivity index (χ0v) is 14.7. The van der Waals surface area contributed by atoms with Crippen molar-refractivity contribution in [2.45, 2.75) is 1.37 Å². The Morgan fingerprint density at radius 1 is 1.22 bits per heavy atom. The van der Waals surface area contributed by atoms with Crippen molar-refractivity contribution >= 4 is 119 Å². The van der Waals surface area contributed by atoms with E-state index in [1.807, 2.05) is 0 Å². The Labute approximate surface area is 122 Å². The summed E-state index contributed by atoms with van der Waals surface area (Å²) >= 11 is 10.6. The maximum absolute atomic E-state index is 11.1. The van der Waals surface area contributed by atoms with Gasteiger partial charge in [0, 0.05) is 0 Å². The van der Waals surface area contributed by atoms with Crippen LogP contribution in [0.3, 0.4) is 0 Å². The normalized spacial score (nSPS) is 12.2. The summed E-state index contributed by atoms with van der Waals surface area (Å²) in [4.78, 5) is 11.1. The standard InChI is InChI=1S/C3HI5O/c4-2(5)1(9)3(6,7)8/h2H. The Morgan fingerprint density at radius 2 is 1.56 bits per heavy atom. The molecule has 0 amide bonds. The Hall–Kier alpha value is 3.32. The molecule has 54 valence electrons. The van der Waals surface area contributed by atoms with Crippen LogP contribution in [0, 0.1) is 0 Å². The summed E-state index contributed by atoms with van der Waals surface area (Å²) < 4.78 is -0.175. The minimum Gasteiger partial charge on any atom is -0.294 e. The zero-order chi connectivity index (χ0) is 7.65. The lowest BCUT2D eigenvalue weighted by Crippen LogP contribution is -2.21. The van der Waals surface area contributed by atoms with E-state index in [0.29, 0.717) is 0 Å². The van der Waals surface area contributed by atoms with Gasteiger partial charge in [0.1, 0.15) is 1.93 Å². The lowest BCUT2D eigenvalue weighted by molar-refractivity contribution is -0.114. The van der Waals surface area contributed by atoms with Crippen molar-refractivity contribution < 1.29 is 4.79 Å². The fourth-order valence-corrected chi connectivity index (χ4v) is 5.57. The van der Waals surface area contributed by atoms with Crippen LogP contribution >= 0.6 is 113 Å². The van der Waals surface area contributed by atoms with Gasteiger partial charge < -0.3 is 0 Å². The van der Waals surface area contributed by atoms with Crippen molar-refractivity contribution in [3.05, 3.63) is 0 Å². The summed E-state index contributed by atoms with van der Waals surface area (Å²) in [6.07, 6.45) is 0. The Morgan fingerprint density at radius 3 is 1.56 bits per heavy atom. The van der Waals surface area contributed by atoms with E-state index in [2.05, 4.69) is 113 Å². The lowest BCUT2D eigenvalue weighted by Gasteiger charge is -2.10. The van der Waals surface area contributed by atoms with Crippen LogP contribution in [0.15, 0.2) is 0 Å². The molecule has 0 aliphatic heterocycles. The van der Waals surface area contributed by atoms with Gasteiger partial charge in [-0.2, -0.15) is 0 Å². The lowest BCUT2D eigenvalue weighted by atomic mass is 10.5. The van der Waals surface area contributed by atoms with Crippen LogP contribution < -0.4 is 0 Å². The molecule has 0 fully saturated rings. The highest BCUT2D eigenvalue weighted by atomic mass is 127. The fourth-order valence-electron chi connectivity index (χ4n) is 0.124. The second-order valence-electron chi connectivity index (χ2n) is 1.16. The van der Waals surface area contributed by atoms with Gasteiger partial charge in [-0.3, -0.25) is 4.79 Å². The SMILES string of the molecule is O=C(C(I)I)C(I)(I)I. The number of Topliss-reactive ketones (excluding diaryl/α,β-unsaturated/α-hetero) is 1. The minimum absolute atomic E-state index is 0.0888. The first-order valence-corrected chi connectivity index (χ1v) is 7.47. The molecule has 0 aromatic heterocycles. The van der Waals surface area contributed by atoms with Crippen LogP contribution in [0.2, 0.25) is 0 Å². The predicted octanol–water partition coefficient (Wildman–Crippen LogP) is 3.71. The molecule has 6 heteroatoms. The van der Waals surface area contributed by atoms with E-state index in [1.165, 1.54) is 0 Å². The van der Waals surface area contributed by atoms with Gasteiger partial charge in [0.2, 0.25) is 0 Å². The summed E-state index contributed by atoms with van der Waals surface area (Å²) in [5.41, 5.74) is 0. The van der Waals surface area contributed by atoms with Crippen molar-refractivity contribution in [1.82, 2.24) is 0 Å². The van der Waals surface area contributed by atoms with Crippen molar-refractivity contribution in [3.63, 3.8) is 0 Å². The van der Waals surface area contributed by atoms with Crippen molar-refractivity contribution in [1.29, 1.82) is 0 Å². The summed E-state index contributed by atoms with van der Waals surface area (Å²) in [5.74, 6) is 0.269. The van der Waals surface area contributed by atoms with E-state index in [0.717, 1.165) is 0 Å². The number of alkyl halides is 5. The molecule has 0 spiro atoms. The fraction of sp³-hybridized carbons (Fsp3) is 0.667. The molecule has 0 rings (SSSR count). The molecule has 1 nitrogen and oxygen atoms in total. The number of carbonyl (C=O) groups is 1. The van der Waals surface area contributed by atoms with Gasteiger partial charge in [-0.05, 0) is 67.8 Å². The second kappa shape index (κ2) is 5.14.